The van der Waals surface area contributed by atoms with Crippen LogP contribution in [-0.4, -0.2) is 18.2 Å². The fourth-order valence-corrected chi connectivity index (χ4v) is 2.60. The number of nitrogens with one attached hydrogen (secondary N) is 1. The Kier molecular flexibility index (Phi) is 4.03. The summed E-state index contributed by atoms with van der Waals surface area (Å²) in [4.78, 5) is 0. The Labute approximate surface area is 109 Å². The Morgan fingerprint density at radius 1 is 1.50 bits per heavy atom. The molecule has 18 heavy (non-hydrogen) atoms. The van der Waals surface area contributed by atoms with Crippen molar-refractivity contribution in [1.29, 1.82) is 0 Å². The average Bonchev–Trinajstić information content (AvgIpc) is 2.48. The van der Waals surface area contributed by atoms with E-state index in [4.69, 9.17) is 4.74 Å². The first-order chi connectivity index (χ1) is 8.54. The van der Waals surface area contributed by atoms with Crippen LogP contribution < -0.4 is 5.32 Å². The van der Waals surface area contributed by atoms with Gasteiger partial charge in [0.05, 0.1) is 6.10 Å². The van der Waals surface area contributed by atoms with Gasteiger partial charge in [0.25, 0.3) is 0 Å². The SMILES string of the molecule is CCC1(C)CCOC(c2cccc(F)c2)C(C)N1. The molecule has 1 heterocycles. The zero-order valence-electron chi connectivity index (χ0n) is 11.4. The number of hydrogen-bond acceptors (Lipinski definition) is 2. The van der Waals surface area contributed by atoms with Crippen LogP contribution in [0.3, 0.4) is 0 Å². The Hall–Kier alpha value is -0.930. The van der Waals surface area contributed by atoms with Crippen molar-refractivity contribution in [2.24, 2.45) is 0 Å². The molecule has 3 atom stereocenters. The molecule has 0 saturated carbocycles. The van der Waals surface area contributed by atoms with E-state index in [0.29, 0.717) is 6.61 Å². The zero-order chi connectivity index (χ0) is 13.2. The van der Waals surface area contributed by atoms with E-state index in [1.54, 1.807) is 12.1 Å². The molecule has 1 aliphatic rings. The molecule has 100 valence electrons. The second-order valence-electron chi connectivity index (χ2n) is 5.44. The topological polar surface area (TPSA) is 21.3 Å². The van der Waals surface area contributed by atoms with Gasteiger partial charge in [0.1, 0.15) is 5.82 Å². The molecule has 0 spiro atoms. The van der Waals surface area contributed by atoms with Crippen LogP contribution in [0.4, 0.5) is 4.39 Å². The van der Waals surface area contributed by atoms with Gasteiger partial charge in [-0.05, 0) is 44.4 Å². The maximum Gasteiger partial charge on any atom is 0.123 e. The van der Waals surface area contributed by atoms with Crippen LogP contribution in [0, 0.1) is 5.82 Å². The molecule has 2 rings (SSSR count). The van der Waals surface area contributed by atoms with E-state index in [9.17, 15) is 4.39 Å². The van der Waals surface area contributed by atoms with Crippen LogP contribution in [0.2, 0.25) is 0 Å². The molecule has 1 fully saturated rings. The molecule has 1 saturated heterocycles. The van der Waals surface area contributed by atoms with Gasteiger partial charge >= 0.3 is 0 Å². The molecule has 3 heteroatoms. The minimum atomic E-state index is -0.203. The molecule has 1 aliphatic heterocycles. The standard InChI is InChI=1S/C15H22FNO/c1-4-15(3)8-9-18-14(11(2)17-15)12-6-5-7-13(16)10-12/h5-7,10-11,14,17H,4,8-9H2,1-3H3. The first-order valence-electron chi connectivity index (χ1n) is 6.69. The third kappa shape index (κ3) is 2.90. The van der Waals surface area contributed by atoms with Gasteiger partial charge in [-0.3, -0.25) is 0 Å². The van der Waals surface area contributed by atoms with Gasteiger partial charge in [-0.25, -0.2) is 4.39 Å². The molecule has 0 amide bonds. The van der Waals surface area contributed by atoms with Gasteiger partial charge in [-0.1, -0.05) is 19.1 Å². The van der Waals surface area contributed by atoms with Crippen molar-refractivity contribution in [3.8, 4) is 0 Å². The van der Waals surface area contributed by atoms with Crippen molar-refractivity contribution in [3.05, 3.63) is 35.6 Å². The van der Waals surface area contributed by atoms with Gasteiger partial charge in [-0.2, -0.15) is 0 Å². The summed E-state index contributed by atoms with van der Waals surface area (Å²) in [5.74, 6) is -0.203. The highest BCUT2D eigenvalue weighted by Gasteiger charge is 2.32. The summed E-state index contributed by atoms with van der Waals surface area (Å²) in [6.45, 7) is 7.22. The predicted octanol–water partition coefficient (Wildman–Crippen LogP) is 3.43. The van der Waals surface area contributed by atoms with E-state index >= 15 is 0 Å². The molecule has 1 aromatic rings. The van der Waals surface area contributed by atoms with Crippen molar-refractivity contribution >= 4 is 0 Å². The van der Waals surface area contributed by atoms with E-state index in [1.165, 1.54) is 6.07 Å². The Balaban J connectivity index is 2.19. The Morgan fingerprint density at radius 3 is 2.94 bits per heavy atom. The molecule has 0 bridgehead atoms. The van der Waals surface area contributed by atoms with Crippen molar-refractivity contribution in [1.82, 2.24) is 5.32 Å². The van der Waals surface area contributed by atoms with Crippen molar-refractivity contribution in [2.75, 3.05) is 6.61 Å². The average molecular weight is 251 g/mol. The Morgan fingerprint density at radius 2 is 2.28 bits per heavy atom. The lowest BCUT2D eigenvalue weighted by molar-refractivity contribution is 0.0458. The minimum absolute atomic E-state index is 0.0749. The van der Waals surface area contributed by atoms with E-state index in [2.05, 4.69) is 26.1 Å². The fourth-order valence-electron chi connectivity index (χ4n) is 2.60. The molecule has 1 N–H and O–H groups in total. The summed E-state index contributed by atoms with van der Waals surface area (Å²) in [7, 11) is 0. The third-order valence-electron chi connectivity index (χ3n) is 3.94. The van der Waals surface area contributed by atoms with Crippen LogP contribution in [0.5, 0.6) is 0 Å². The molecule has 2 nitrogen and oxygen atoms in total. The van der Waals surface area contributed by atoms with E-state index in [1.807, 2.05) is 6.07 Å². The summed E-state index contributed by atoms with van der Waals surface area (Å²) in [6, 6.07) is 6.89. The fraction of sp³-hybridized carbons (Fsp3) is 0.600. The predicted molar refractivity (Wildman–Crippen MR) is 71.0 cm³/mol. The maximum atomic E-state index is 13.3. The van der Waals surface area contributed by atoms with Crippen LogP contribution in [0.25, 0.3) is 0 Å². The van der Waals surface area contributed by atoms with Crippen LogP contribution >= 0.6 is 0 Å². The minimum Gasteiger partial charge on any atom is -0.372 e. The van der Waals surface area contributed by atoms with Crippen LogP contribution in [0.15, 0.2) is 24.3 Å². The summed E-state index contributed by atoms with van der Waals surface area (Å²) < 4.78 is 19.2. The van der Waals surface area contributed by atoms with Crippen LogP contribution in [0.1, 0.15) is 45.3 Å². The summed E-state index contributed by atoms with van der Waals surface area (Å²) in [5, 5.41) is 3.63. The normalized spacial score (nSPS) is 33.1. The number of hydrogen-bond donors (Lipinski definition) is 1. The highest BCUT2D eigenvalue weighted by atomic mass is 19.1. The smallest absolute Gasteiger partial charge is 0.123 e. The largest absolute Gasteiger partial charge is 0.372 e. The summed E-state index contributed by atoms with van der Waals surface area (Å²) >= 11 is 0. The number of halogens is 1. The molecule has 0 aromatic heterocycles. The first-order valence-corrected chi connectivity index (χ1v) is 6.69. The lowest BCUT2D eigenvalue weighted by atomic mass is 9.93. The maximum absolute atomic E-state index is 13.3. The van der Waals surface area contributed by atoms with Gasteiger partial charge in [0.2, 0.25) is 0 Å². The molecule has 0 radical (unpaired) electrons. The van der Waals surface area contributed by atoms with Gasteiger partial charge in [0, 0.05) is 18.2 Å². The van der Waals surface area contributed by atoms with Crippen molar-refractivity contribution in [2.45, 2.75) is 51.3 Å². The zero-order valence-corrected chi connectivity index (χ0v) is 11.4. The quantitative estimate of drug-likeness (QED) is 0.869. The van der Waals surface area contributed by atoms with E-state index in [-0.39, 0.29) is 23.5 Å². The number of benzene rings is 1. The highest BCUT2D eigenvalue weighted by molar-refractivity contribution is 5.21. The molecular formula is C15H22FNO. The van der Waals surface area contributed by atoms with E-state index < -0.39 is 0 Å². The van der Waals surface area contributed by atoms with Crippen LogP contribution in [-0.2, 0) is 4.74 Å². The Bertz CT molecular complexity index is 409. The highest BCUT2D eigenvalue weighted by Crippen LogP contribution is 2.29. The second kappa shape index (κ2) is 5.37. The molecule has 0 aliphatic carbocycles. The van der Waals surface area contributed by atoms with Gasteiger partial charge < -0.3 is 10.1 Å². The lowest BCUT2D eigenvalue weighted by Gasteiger charge is -2.31. The second-order valence-corrected chi connectivity index (χ2v) is 5.44. The molecular weight excluding hydrogens is 229 g/mol. The third-order valence-corrected chi connectivity index (χ3v) is 3.94. The van der Waals surface area contributed by atoms with Gasteiger partial charge in [0.15, 0.2) is 0 Å². The van der Waals surface area contributed by atoms with Crippen molar-refractivity contribution < 1.29 is 9.13 Å². The lowest BCUT2D eigenvalue weighted by Crippen LogP contribution is -2.47. The number of rotatable bonds is 2. The summed E-state index contributed by atoms with van der Waals surface area (Å²) in [6.07, 6.45) is 1.98. The monoisotopic (exact) mass is 251 g/mol. The van der Waals surface area contributed by atoms with Gasteiger partial charge in [-0.15, -0.1) is 0 Å². The van der Waals surface area contributed by atoms with Crippen molar-refractivity contribution in [3.63, 3.8) is 0 Å². The molecule has 1 aromatic carbocycles. The summed E-state index contributed by atoms with van der Waals surface area (Å²) in [5.41, 5.74) is 1.02. The van der Waals surface area contributed by atoms with E-state index in [0.717, 1.165) is 18.4 Å². The number of ether oxygens (including phenoxy) is 1. The molecule has 3 unspecified atom stereocenters. The first kappa shape index (κ1) is 13.5.